The number of benzene rings is 1. The fourth-order valence-electron chi connectivity index (χ4n) is 0.993. The Kier molecular flexibility index (Phi) is 4.79. The second-order valence-corrected chi connectivity index (χ2v) is 2.40. The molecule has 0 radical (unpaired) electrons. The van der Waals surface area contributed by atoms with E-state index in [2.05, 4.69) is 6.07 Å². The van der Waals surface area contributed by atoms with Gasteiger partial charge in [0.1, 0.15) is 6.29 Å². The van der Waals surface area contributed by atoms with E-state index in [0.717, 1.165) is 23.0 Å². The minimum Gasteiger partial charge on any atom is -0.300 e. The van der Waals surface area contributed by atoms with Crippen LogP contribution in [-0.4, -0.2) is 6.29 Å². The standard InChI is InChI=1S/C9H9O.Y/c1-7-3-8(2)5-9(4-7)6-10;/h4-6H,1-2H3;/q-1;+3. The Hall–Kier alpha value is -0.00610. The molecule has 0 aliphatic heterocycles. The quantitative estimate of drug-likeness (QED) is 0.524. The second kappa shape index (κ2) is 4.79. The SMILES string of the molecule is Cc1[c-]c(C)cc(C=O)c1.[Y+3]. The zero-order valence-corrected chi connectivity index (χ0v) is 9.56. The third kappa shape index (κ3) is 3.26. The first-order valence-electron chi connectivity index (χ1n) is 3.18. The molecule has 0 N–H and O–H groups in total. The normalized spacial score (nSPS) is 8.55. The van der Waals surface area contributed by atoms with Crippen LogP contribution in [0.15, 0.2) is 12.1 Å². The van der Waals surface area contributed by atoms with Crippen molar-refractivity contribution < 1.29 is 37.5 Å². The number of hydrogen-bond acceptors (Lipinski definition) is 1. The van der Waals surface area contributed by atoms with Crippen LogP contribution in [0.4, 0.5) is 0 Å². The van der Waals surface area contributed by atoms with Crippen LogP contribution < -0.4 is 0 Å². The van der Waals surface area contributed by atoms with E-state index in [4.69, 9.17) is 0 Å². The van der Waals surface area contributed by atoms with Crippen LogP contribution >= 0.6 is 0 Å². The van der Waals surface area contributed by atoms with Crippen LogP contribution in [0.5, 0.6) is 0 Å². The van der Waals surface area contributed by atoms with Gasteiger partial charge in [0.2, 0.25) is 0 Å². The number of aldehydes is 1. The van der Waals surface area contributed by atoms with Crippen LogP contribution in [0.25, 0.3) is 0 Å². The fraction of sp³-hybridized carbons (Fsp3) is 0.222. The molecule has 0 atom stereocenters. The summed E-state index contributed by atoms with van der Waals surface area (Å²) < 4.78 is 0. The van der Waals surface area contributed by atoms with Gasteiger partial charge in [-0.25, -0.2) is 0 Å². The Labute approximate surface area is 92.1 Å². The van der Waals surface area contributed by atoms with Crippen molar-refractivity contribution >= 4 is 6.29 Å². The molecule has 0 aliphatic rings. The van der Waals surface area contributed by atoms with Crippen molar-refractivity contribution in [3.63, 3.8) is 0 Å². The maximum Gasteiger partial charge on any atom is 3.00 e. The number of carbonyl (C=O) groups is 1. The van der Waals surface area contributed by atoms with Crippen LogP contribution in [0, 0.1) is 19.9 Å². The van der Waals surface area contributed by atoms with E-state index in [9.17, 15) is 4.79 Å². The minimum atomic E-state index is 0. The maximum atomic E-state index is 10.3. The topological polar surface area (TPSA) is 17.1 Å². The van der Waals surface area contributed by atoms with Gasteiger partial charge in [-0.2, -0.15) is 29.3 Å². The summed E-state index contributed by atoms with van der Waals surface area (Å²) in [5, 5.41) is 0. The predicted molar refractivity (Wildman–Crippen MR) is 40.1 cm³/mol. The average Bonchev–Trinajstić information content (AvgIpc) is 1.85. The number of carbonyl (C=O) groups excluding carboxylic acids is 1. The van der Waals surface area contributed by atoms with Crippen LogP contribution in [0.2, 0.25) is 0 Å². The van der Waals surface area contributed by atoms with Gasteiger partial charge in [-0.05, 0) is 0 Å². The van der Waals surface area contributed by atoms with E-state index in [1.165, 1.54) is 0 Å². The van der Waals surface area contributed by atoms with E-state index in [-0.39, 0.29) is 32.7 Å². The molecule has 0 aromatic heterocycles. The third-order valence-electron chi connectivity index (χ3n) is 1.30. The smallest absolute Gasteiger partial charge is 0.300 e. The summed E-state index contributed by atoms with van der Waals surface area (Å²) in [7, 11) is 0. The average molecular weight is 222 g/mol. The van der Waals surface area contributed by atoms with Crippen molar-refractivity contribution in [3.05, 3.63) is 34.9 Å². The molecule has 0 spiro atoms. The number of rotatable bonds is 1. The van der Waals surface area contributed by atoms with E-state index in [1.54, 1.807) is 0 Å². The van der Waals surface area contributed by atoms with E-state index in [0.29, 0.717) is 0 Å². The zero-order valence-electron chi connectivity index (χ0n) is 6.72. The van der Waals surface area contributed by atoms with Gasteiger partial charge in [0.25, 0.3) is 0 Å². The first-order chi connectivity index (χ1) is 4.72. The van der Waals surface area contributed by atoms with Gasteiger partial charge in [0, 0.05) is 0 Å². The molecule has 0 bridgehead atoms. The van der Waals surface area contributed by atoms with Gasteiger partial charge < -0.3 is 4.79 Å². The molecule has 1 aromatic rings. The van der Waals surface area contributed by atoms with Crippen molar-refractivity contribution in [2.75, 3.05) is 0 Å². The van der Waals surface area contributed by atoms with Crippen molar-refractivity contribution in [3.8, 4) is 0 Å². The molecule has 0 saturated carbocycles. The Bertz CT molecular complexity index is 235. The molecule has 0 amide bonds. The first kappa shape index (κ1) is 11.0. The van der Waals surface area contributed by atoms with Crippen molar-refractivity contribution in [2.45, 2.75) is 13.8 Å². The monoisotopic (exact) mass is 222 g/mol. The second-order valence-electron chi connectivity index (χ2n) is 2.40. The minimum absolute atomic E-state index is 0. The van der Waals surface area contributed by atoms with Crippen LogP contribution in [0.1, 0.15) is 21.5 Å². The summed E-state index contributed by atoms with van der Waals surface area (Å²) in [4.78, 5) is 10.3. The summed E-state index contributed by atoms with van der Waals surface area (Å²) in [6, 6.07) is 6.72. The maximum absolute atomic E-state index is 10.3. The van der Waals surface area contributed by atoms with E-state index >= 15 is 0 Å². The summed E-state index contributed by atoms with van der Waals surface area (Å²) in [6.45, 7) is 3.86. The molecular weight excluding hydrogens is 213 g/mol. The van der Waals surface area contributed by atoms with Gasteiger partial charge >= 0.3 is 32.7 Å². The Morgan fingerprint density at radius 3 is 2.09 bits per heavy atom. The van der Waals surface area contributed by atoms with Crippen LogP contribution in [0.3, 0.4) is 0 Å². The van der Waals surface area contributed by atoms with Gasteiger partial charge in [-0.3, -0.25) is 0 Å². The molecule has 1 aromatic carbocycles. The van der Waals surface area contributed by atoms with Crippen molar-refractivity contribution in [2.24, 2.45) is 0 Å². The number of hydrogen-bond donors (Lipinski definition) is 0. The Balaban J connectivity index is 0.000001000. The Morgan fingerprint density at radius 2 is 1.73 bits per heavy atom. The molecule has 1 rings (SSSR count). The first-order valence-corrected chi connectivity index (χ1v) is 3.18. The predicted octanol–water partition coefficient (Wildman–Crippen LogP) is 1.91. The van der Waals surface area contributed by atoms with Gasteiger partial charge in [-0.1, -0.05) is 19.4 Å². The van der Waals surface area contributed by atoms with E-state index < -0.39 is 0 Å². The summed E-state index contributed by atoms with van der Waals surface area (Å²) in [5.41, 5.74) is 2.76. The third-order valence-corrected chi connectivity index (χ3v) is 1.30. The largest absolute Gasteiger partial charge is 3.00 e. The molecule has 0 aliphatic carbocycles. The van der Waals surface area contributed by atoms with Crippen LogP contribution in [-0.2, 0) is 32.7 Å². The van der Waals surface area contributed by atoms with E-state index in [1.807, 2.05) is 26.0 Å². The molecule has 0 unspecified atom stereocenters. The number of aryl methyl sites for hydroxylation is 2. The Morgan fingerprint density at radius 1 is 1.27 bits per heavy atom. The summed E-state index contributed by atoms with van der Waals surface area (Å²) >= 11 is 0. The summed E-state index contributed by atoms with van der Waals surface area (Å²) in [6.07, 6.45) is 0.855. The molecule has 2 heteroatoms. The molecule has 1 nitrogen and oxygen atoms in total. The molecular formula is C9H9OY+2. The van der Waals surface area contributed by atoms with Gasteiger partial charge in [0.05, 0.1) is 0 Å². The molecule has 11 heavy (non-hydrogen) atoms. The van der Waals surface area contributed by atoms with Crippen molar-refractivity contribution in [1.29, 1.82) is 0 Å². The fourth-order valence-corrected chi connectivity index (χ4v) is 0.993. The summed E-state index contributed by atoms with van der Waals surface area (Å²) in [5.74, 6) is 0. The molecule has 0 heterocycles. The molecule has 0 fully saturated rings. The van der Waals surface area contributed by atoms with Gasteiger partial charge in [0.15, 0.2) is 0 Å². The molecule has 0 saturated heterocycles. The molecule has 52 valence electrons. The zero-order chi connectivity index (χ0) is 7.56. The van der Waals surface area contributed by atoms with Crippen molar-refractivity contribution in [1.82, 2.24) is 0 Å². The van der Waals surface area contributed by atoms with Gasteiger partial charge in [-0.15, -0.1) is 0 Å².